The third-order valence-electron chi connectivity index (χ3n) is 1.90. The molecule has 4 heteroatoms. The first-order valence-electron chi connectivity index (χ1n) is 4.99. The Morgan fingerprint density at radius 1 is 1.29 bits per heavy atom. The highest BCUT2D eigenvalue weighted by Crippen LogP contribution is 1.99. The van der Waals surface area contributed by atoms with Gasteiger partial charge in [0.25, 0.3) is 0 Å². The molecule has 0 aliphatic carbocycles. The van der Waals surface area contributed by atoms with Crippen molar-refractivity contribution in [3.63, 3.8) is 0 Å². The van der Waals surface area contributed by atoms with Crippen LogP contribution in [-0.2, 0) is 9.59 Å². The van der Waals surface area contributed by atoms with E-state index in [-0.39, 0.29) is 24.7 Å². The molecule has 0 fully saturated rings. The molecule has 0 aromatic carbocycles. The van der Waals surface area contributed by atoms with Crippen LogP contribution in [0.1, 0.15) is 33.1 Å². The largest absolute Gasteiger partial charge is 0.395 e. The molecule has 0 rings (SSSR count). The summed E-state index contributed by atoms with van der Waals surface area (Å²) >= 11 is 0. The van der Waals surface area contributed by atoms with E-state index >= 15 is 0 Å². The molecular weight excluding hydrogens is 182 g/mol. The number of hydrogen-bond acceptors (Lipinski definition) is 3. The van der Waals surface area contributed by atoms with E-state index in [4.69, 9.17) is 5.11 Å². The molecule has 0 saturated carbocycles. The second-order valence-electron chi connectivity index (χ2n) is 3.34. The lowest BCUT2D eigenvalue weighted by Gasteiger charge is -2.20. The number of unbranched alkanes of at least 4 members (excludes halogenated alkanes) is 1. The van der Waals surface area contributed by atoms with Crippen LogP contribution in [0.3, 0.4) is 0 Å². The van der Waals surface area contributed by atoms with Crippen molar-refractivity contribution < 1.29 is 14.7 Å². The van der Waals surface area contributed by atoms with Gasteiger partial charge in [-0.15, -0.1) is 0 Å². The highest BCUT2D eigenvalue weighted by Gasteiger charge is 2.13. The average Bonchev–Trinajstić information content (AvgIpc) is 2.10. The minimum absolute atomic E-state index is 0.0483. The topological polar surface area (TPSA) is 57.6 Å². The number of ketones is 1. The minimum Gasteiger partial charge on any atom is -0.395 e. The van der Waals surface area contributed by atoms with Gasteiger partial charge in [0.1, 0.15) is 5.78 Å². The van der Waals surface area contributed by atoms with Crippen LogP contribution in [0.25, 0.3) is 0 Å². The molecule has 4 nitrogen and oxygen atoms in total. The third kappa shape index (κ3) is 5.70. The van der Waals surface area contributed by atoms with E-state index in [1.165, 1.54) is 6.92 Å². The van der Waals surface area contributed by atoms with E-state index in [9.17, 15) is 9.59 Å². The van der Waals surface area contributed by atoms with Gasteiger partial charge in [-0.25, -0.2) is 0 Å². The molecule has 0 aromatic rings. The van der Waals surface area contributed by atoms with Gasteiger partial charge in [-0.2, -0.15) is 0 Å². The number of hydrogen-bond donors (Lipinski definition) is 1. The maximum Gasteiger partial charge on any atom is 0.230 e. The summed E-state index contributed by atoms with van der Waals surface area (Å²) in [5.74, 6) is -0.311. The number of carbonyl (C=O) groups is 2. The first-order chi connectivity index (χ1) is 6.61. The third-order valence-corrected chi connectivity index (χ3v) is 1.90. The van der Waals surface area contributed by atoms with E-state index < -0.39 is 0 Å². The molecule has 0 bridgehead atoms. The molecule has 14 heavy (non-hydrogen) atoms. The summed E-state index contributed by atoms with van der Waals surface area (Å²) < 4.78 is 0. The summed E-state index contributed by atoms with van der Waals surface area (Å²) in [7, 11) is 0. The number of nitrogens with zero attached hydrogens (tertiary/aromatic N) is 1. The molecule has 0 unspecified atom stereocenters. The zero-order valence-electron chi connectivity index (χ0n) is 8.95. The Labute approximate surface area is 84.9 Å². The van der Waals surface area contributed by atoms with Gasteiger partial charge in [0.15, 0.2) is 0 Å². The van der Waals surface area contributed by atoms with Gasteiger partial charge in [-0.3, -0.25) is 9.59 Å². The molecule has 0 atom stereocenters. The van der Waals surface area contributed by atoms with Gasteiger partial charge in [-0.05, 0) is 13.3 Å². The van der Waals surface area contributed by atoms with Crippen LogP contribution in [0.2, 0.25) is 0 Å². The quantitative estimate of drug-likeness (QED) is 0.613. The van der Waals surface area contributed by atoms with E-state index in [0.29, 0.717) is 13.1 Å². The Bertz CT molecular complexity index is 192. The zero-order valence-corrected chi connectivity index (χ0v) is 8.95. The fourth-order valence-corrected chi connectivity index (χ4v) is 1.16. The van der Waals surface area contributed by atoms with Gasteiger partial charge in [0, 0.05) is 13.1 Å². The zero-order chi connectivity index (χ0) is 11.0. The van der Waals surface area contributed by atoms with Gasteiger partial charge >= 0.3 is 0 Å². The SMILES string of the molecule is CCCCN(CCO)C(=O)CC(C)=O. The normalized spacial score (nSPS) is 9.93. The average molecular weight is 201 g/mol. The van der Waals surface area contributed by atoms with Gasteiger partial charge < -0.3 is 10.0 Å². The number of amides is 1. The Balaban J connectivity index is 4.03. The molecule has 0 saturated heterocycles. The fourth-order valence-electron chi connectivity index (χ4n) is 1.16. The Morgan fingerprint density at radius 2 is 1.93 bits per heavy atom. The minimum atomic E-state index is -0.181. The predicted octanol–water partition coefficient (Wildman–Crippen LogP) is 0.587. The van der Waals surface area contributed by atoms with Crippen LogP contribution in [-0.4, -0.2) is 41.4 Å². The number of aliphatic hydroxyl groups is 1. The predicted molar refractivity (Wildman–Crippen MR) is 53.9 cm³/mol. The van der Waals surface area contributed by atoms with Crippen molar-refractivity contribution in [2.45, 2.75) is 33.1 Å². The van der Waals surface area contributed by atoms with Gasteiger partial charge in [-0.1, -0.05) is 13.3 Å². The Morgan fingerprint density at radius 3 is 2.36 bits per heavy atom. The number of rotatable bonds is 7. The number of aliphatic hydroxyl groups excluding tert-OH is 1. The van der Waals surface area contributed by atoms with Gasteiger partial charge in [0.05, 0.1) is 13.0 Å². The van der Waals surface area contributed by atoms with Crippen LogP contribution < -0.4 is 0 Å². The Hall–Kier alpha value is -0.900. The molecule has 0 aromatic heterocycles. The van der Waals surface area contributed by atoms with Crippen molar-refractivity contribution in [2.24, 2.45) is 0 Å². The highest BCUT2D eigenvalue weighted by atomic mass is 16.3. The molecule has 0 spiro atoms. The van der Waals surface area contributed by atoms with Crippen LogP contribution in [0.5, 0.6) is 0 Å². The van der Waals surface area contributed by atoms with E-state index in [1.807, 2.05) is 6.92 Å². The van der Waals surface area contributed by atoms with Crippen LogP contribution in [0, 0.1) is 0 Å². The molecule has 82 valence electrons. The first kappa shape index (κ1) is 13.1. The second-order valence-corrected chi connectivity index (χ2v) is 3.34. The Kier molecular flexibility index (Phi) is 7.02. The first-order valence-corrected chi connectivity index (χ1v) is 4.99. The van der Waals surface area contributed by atoms with Crippen molar-refractivity contribution in [3.05, 3.63) is 0 Å². The van der Waals surface area contributed by atoms with Crippen molar-refractivity contribution in [1.82, 2.24) is 4.90 Å². The van der Waals surface area contributed by atoms with Crippen molar-refractivity contribution in [1.29, 1.82) is 0 Å². The molecule has 0 radical (unpaired) electrons. The lowest BCUT2D eigenvalue weighted by Crippen LogP contribution is -2.35. The van der Waals surface area contributed by atoms with Crippen LogP contribution >= 0.6 is 0 Å². The van der Waals surface area contributed by atoms with Crippen molar-refractivity contribution in [2.75, 3.05) is 19.7 Å². The summed E-state index contributed by atoms with van der Waals surface area (Å²) in [6.07, 6.45) is 1.85. The molecule has 1 amide bonds. The van der Waals surface area contributed by atoms with Crippen LogP contribution in [0.15, 0.2) is 0 Å². The lowest BCUT2D eigenvalue weighted by molar-refractivity contribution is -0.135. The molecule has 0 heterocycles. The van der Waals surface area contributed by atoms with E-state index in [2.05, 4.69) is 0 Å². The monoisotopic (exact) mass is 201 g/mol. The van der Waals surface area contributed by atoms with E-state index in [0.717, 1.165) is 12.8 Å². The number of carbonyl (C=O) groups excluding carboxylic acids is 2. The van der Waals surface area contributed by atoms with Crippen molar-refractivity contribution in [3.8, 4) is 0 Å². The summed E-state index contributed by atoms with van der Waals surface area (Å²) in [6.45, 7) is 4.34. The lowest BCUT2D eigenvalue weighted by atomic mass is 10.2. The smallest absolute Gasteiger partial charge is 0.230 e. The summed E-state index contributed by atoms with van der Waals surface area (Å²) in [4.78, 5) is 23.7. The maximum absolute atomic E-state index is 11.4. The van der Waals surface area contributed by atoms with Crippen molar-refractivity contribution >= 4 is 11.7 Å². The fraction of sp³-hybridized carbons (Fsp3) is 0.800. The number of Topliss-reactive ketones (excluding diaryl/α,β-unsaturated/α-hetero) is 1. The summed E-state index contributed by atoms with van der Waals surface area (Å²) in [5.41, 5.74) is 0. The molecule has 0 aliphatic heterocycles. The van der Waals surface area contributed by atoms with Crippen LogP contribution in [0.4, 0.5) is 0 Å². The molecule has 1 N–H and O–H groups in total. The standard InChI is InChI=1S/C10H19NO3/c1-3-4-5-11(6-7-12)10(14)8-9(2)13/h12H,3-8H2,1-2H3. The highest BCUT2D eigenvalue weighted by molar-refractivity contribution is 5.96. The van der Waals surface area contributed by atoms with Gasteiger partial charge in [0.2, 0.25) is 5.91 Å². The molecule has 0 aliphatic rings. The molecular formula is C10H19NO3. The van der Waals surface area contributed by atoms with E-state index in [1.54, 1.807) is 4.90 Å². The summed E-state index contributed by atoms with van der Waals surface area (Å²) in [6, 6.07) is 0. The summed E-state index contributed by atoms with van der Waals surface area (Å²) in [5, 5.41) is 8.74. The maximum atomic E-state index is 11.4. The second kappa shape index (κ2) is 7.50.